The summed E-state index contributed by atoms with van der Waals surface area (Å²) in [6.07, 6.45) is -11.0. The van der Waals surface area contributed by atoms with E-state index in [1.54, 1.807) is 5.32 Å². The summed E-state index contributed by atoms with van der Waals surface area (Å²) < 4.78 is 4.58. The molecule has 0 radical (unpaired) electrons. The van der Waals surface area contributed by atoms with Crippen LogP contribution < -0.4 is 21.3 Å². The number of esters is 1. The van der Waals surface area contributed by atoms with Gasteiger partial charge in [0.05, 0.1) is 64.4 Å². The Morgan fingerprint density at radius 3 is 1.00 bits per heavy atom. The summed E-state index contributed by atoms with van der Waals surface area (Å²) in [5.41, 5.74) is -11.3. The van der Waals surface area contributed by atoms with Crippen LogP contribution in [0, 0.1) is 0 Å². The maximum atomic E-state index is 11.6. The van der Waals surface area contributed by atoms with Gasteiger partial charge in [-0.3, -0.25) is 52.7 Å². The second-order valence-electron chi connectivity index (χ2n) is 16.5. The second kappa shape index (κ2) is 33.5. The van der Waals surface area contributed by atoms with E-state index in [-0.39, 0.29) is 13.0 Å². The maximum absolute atomic E-state index is 11.6. The van der Waals surface area contributed by atoms with Gasteiger partial charge in [-0.1, -0.05) is 0 Å². The minimum atomic E-state index is -2.93. The van der Waals surface area contributed by atoms with Gasteiger partial charge in [0, 0.05) is 12.8 Å². The lowest BCUT2D eigenvalue weighted by atomic mass is 9.95. The molecule has 1 saturated heterocycles. The molecule has 1 aliphatic heterocycles. The number of aliphatic carboxylic acids is 13. The Kier molecular flexibility index (Phi) is 31.2. The Hall–Kier alpha value is -9.70. The molecule has 0 aliphatic carbocycles. The molecule has 0 aromatic carbocycles. The van der Waals surface area contributed by atoms with Gasteiger partial charge in [0.2, 0.25) is 23.6 Å². The summed E-state index contributed by atoms with van der Waals surface area (Å²) in [5.74, 6) is -26.7. The molecule has 0 saturated carbocycles. The highest BCUT2D eigenvalue weighted by Gasteiger charge is 2.45. The average molecular weight is 1170 g/mol. The topological polar surface area (TPSA) is 709 Å². The SMILES string of the molecule is CC(NC(=O)CC(O)(CC(=O)O)C(=O)O)C(=O)O.O=C(O)CC(NC(=O)CC(O)(CC(=O)O)C(=O)O)C(=O)O.O=C(O)CC(O)(CC(=O)NC1CCOC1=O)C(=O)O.O=C(O)CCC(NC(=O)CC(O)(CC(=O)O)C(=O)O)C(=O)O. The predicted molar refractivity (Wildman–Crippen MR) is 239 cm³/mol. The zero-order valence-electron chi connectivity index (χ0n) is 40.9. The fourth-order valence-corrected chi connectivity index (χ4v) is 5.54. The van der Waals surface area contributed by atoms with Crippen LogP contribution in [0.1, 0.15) is 84.0 Å². The molecule has 0 aromatic heterocycles. The van der Waals surface area contributed by atoms with Crippen molar-refractivity contribution in [2.75, 3.05) is 6.61 Å². The first-order chi connectivity index (χ1) is 36.3. The normalized spacial score (nSPS) is 16.3. The van der Waals surface area contributed by atoms with Gasteiger partial charge in [0.15, 0.2) is 22.4 Å². The van der Waals surface area contributed by atoms with Crippen LogP contribution in [0.4, 0.5) is 0 Å². The number of rotatable bonds is 32. The molecule has 0 aromatic rings. The Morgan fingerprint density at radius 1 is 0.438 bits per heavy atom. The highest BCUT2D eigenvalue weighted by molar-refractivity contribution is 5.95. The molecule has 80 heavy (non-hydrogen) atoms. The van der Waals surface area contributed by atoms with E-state index in [1.807, 2.05) is 10.6 Å². The largest absolute Gasteiger partial charge is 0.481 e. The number of hydrogen-bond donors (Lipinski definition) is 21. The van der Waals surface area contributed by atoms with Gasteiger partial charge in [-0.15, -0.1) is 0 Å². The lowest BCUT2D eigenvalue weighted by Gasteiger charge is -2.22. The van der Waals surface area contributed by atoms with E-state index in [9.17, 15) is 107 Å². The summed E-state index contributed by atoms with van der Waals surface area (Å²) in [6, 6.07) is -5.61. The van der Waals surface area contributed by atoms with Crippen molar-refractivity contribution in [3.05, 3.63) is 0 Å². The first-order valence-corrected chi connectivity index (χ1v) is 21.4. The third kappa shape index (κ3) is 30.1. The number of hydrogen-bond acceptors (Lipinski definition) is 23. The zero-order valence-corrected chi connectivity index (χ0v) is 40.9. The fourth-order valence-electron chi connectivity index (χ4n) is 5.54. The Labute approximate surface area is 443 Å². The van der Waals surface area contributed by atoms with E-state index in [1.165, 1.54) is 0 Å². The zero-order chi connectivity index (χ0) is 63.4. The minimum Gasteiger partial charge on any atom is -0.481 e. The van der Waals surface area contributed by atoms with Crippen molar-refractivity contribution in [1.82, 2.24) is 21.3 Å². The summed E-state index contributed by atoms with van der Waals surface area (Å²) in [4.78, 5) is 195. The summed E-state index contributed by atoms with van der Waals surface area (Å²) in [7, 11) is 0. The quantitative estimate of drug-likeness (QED) is 0.0278. The Morgan fingerprint density at radius 2 is 0.750 bits per heavy atom. The highest BCUT2D eigenvalue weighted by atomic mass is 16.5. The lowest BCUT2D eigenvalue weighted by Crippen LogP contribution is -2.49. The number of cyclic esters (lactones) is 1. The van der Waals surface area contributed by atoms with Gasteiger partial charge in [-0.05, 0) is 13.3 Å². The lowest BCUT2D eigenvalue weighted by molar-refractivity contribution is -0.168. The monoisotopic (exact) mass is 1170 g/mol. The number of ether oxygens (including phenoxy) is 1. The first kappa shape index (κ1) is 74.5. The van der Waals surface area contributed by atoms with Gasteiger partial charge >= 0.3 is 83.6 Å². The summed E-state index contributed by atoms with van der Waals surface area (Å²) in [6.45, 7) is 1.28. The van der Waals surface area contributed by atoms with E-state index >= 15 is 0 Å². The van der Waals surface area contributed by atoms with Crippen molar-refractivity contribution in [3.63, 3.8) is 0 Å². The third-order valence-corrected chi connectivity index (χ3v) is 9.49. The molecule has 1 heterocycles. The molecule has 40 nitrogen and oxygen atoms in total. The fraction of sp³-hybridized carbons (Fsp3) is 0.550. The number of carboxylic acid groups (broad SMARTS) is 13. The molecule has 21 N–H and O–H groups in total. The van der Waals surface area contributed by atoms with Crippen molar-refractivity contribution in [1.29, 1.82) is 0 Å². The molecular weight excluding hydrogens is 1110 g/mol. The molecule has 0 spiro atoms. The van der Waals surface area contributed by atoms with Crippen LogP contribution in [0.5, 0.6) is 0 Å². The average Bonchev–Trinajstić information content (AvgIpc) is 3.66. The van der Waals surface area contributed by atoms with Crippen molar-refractivity contribution in [3.8, 4) is 0 Å². The van der Waals surface area contributed by atoms with E-state index in [0.717, 1.165) is 6.92 Å². The molecule has 0 bridgehead atoms. The van der Waals surface area contributed by atoms with Gasteiger partial charge in [-0.25, -0.2) is 33.6 Å². The standard InChI is InChI=1S/C11H15NO10.C10H13NO10.C10H13NO8.C9H13NO8/c13-6(3-11(22,10(20)21)4-8(16)17)12-5(9(18)19)1-2-7(14)15;12-5(11-4(8(17)18)1-6(13)14)2-10(21,9(19)20)3-7(15)16;12-6(11-5-1-2-19-8(5)15)3-10(18,9(16)17)4-7(13)14;1-4(7(14)15)10-5(11)2-9(18,8(16)17)3-6(12)13/h5,22H,1-4H2,(H,12,13)(H,14,15)(H,16,17)(H,18,19)(H,20,21);4,21H,1-3H2,(H,11,12)(H,13,14)(H,15,16)(H,17,18)(H,19,20);5,18H,1-4H2,(H,11,12)(H,13,14)(H,16,17);4,18H,2-3H2,1H3,(H,10,11)(H,12,13)(H,14,15)(H,16,17). The molecular formula is C40H54N4O36. The predicted octanol–water partition coefficient (Wildman–Crippen LogP) is -7.83. The maximum Gasteiger partial charge on any atom is 0.336 e. The molecule has 1 aliphatic rings. The first-order valence-electron chi connectivity index (χ1n) is 21.4. The molecule has 450 valence electrons. The smallest absolute Gasteiger partial charge is 0.336 e. The molecule has 8 atom stereocenters. The van der Waals surface area contributed by atoms with Crippen LogP contribution in [-0.2, 0) is 91.0 Å². The van der Waals surface area contributed by atoms with Gasteiger partial charge in [0.25, 0.3) is 0 Å². The van der Waals surface area contributed by atoms with Crippen LogP contribution in [0.2, 0.25) is 0 Å². The van der Waals surface area contributed by atoms with Crippen molar-refractivity contribution in [2.45, 2.75) is 131 Å². The van der Waals surface area contributed by atoms with Crippen LogP contribution >= 0.6 is 0 Å². The number of amides is 4. The molecule has 8 unspecified atom stereocenters. The number of aliphatic hydroxyl groups is 4. The number of carboxylic acids is 13. The highest BCUT2D eigenvalue weighted by Crippen LogP contribution is 2.20. The molecule has 1 rings (SSSR count). The molecule has 4 amide bonds. The number of carbonyl (C=O) groups is 18. The third-order valence-electron chi connectivity index (χ3n) is 9.49. The number of carbonyl (C=O) groups excluding carboxylic acids is 5. The van der Waals surface area contributed by atoms with Crippen LogP contribution in [0.3, 0.4) is 0 Å². The van der Waals surface area contributed by atoms with E-state index in [2.05, 4.69) is 10.1 Å². The van der Waals surface area contributed by atoms with Crippen LogP contribution in [0.25, 0.3) is 0 Å². The van der Waals surface area contributed by atoms with E-state index in [0.29, 0.717) is 0 Å². The van der Waals surface area contributed by atoms with Crippen LogP contribution in [0.15, 0.2) is 0 Å². The van der Waals surface area contributed by atoms with Gasteiger partial charge < -0.3 is 113 Å². The Balaban J connectivity index is -0.000000991. The Bertz CT molecular complexity index is 2400. The minimum absolute atomic E-state index is 0.141. The summed E-state index contributed by atoms with van der Waals surface area (Å²) >= 11 is 0. The second-order valence-corrected chi connectivity index (χ2v) is 16.5. The van der Waals surface area contributed by atoms with Gasteiger partial charge in [0.1, 0.15) is 24.2 Å². The molecule has 40 heteroatoms. The summed E-state index contributed by atoms with van der Waals surface area (Å²) in [5, 5.41) is 158. The van der Waals surface area contributed by atoms with Crippen molar-refractivity contribution < 1.29 is 178 Å². The van der Waals surface area contributed by atoms with Crippen molar-refractivity contribution in [2.24, 2.45) is 0 Å². The van der Waals surface area contributed by atoms with E-state index in [4.69, 9.17) is 66.4 Å². The van der Waals surface area contributed by atoms with E-state index < -0.39 is 224 Å². The molecule has 1 fully saturated rings. The number of nitrogens with one attached hydrogen (secondary N) is 4. The van der Waals surface area contributed by atoms with Crippen molar-refractivity contribution >= 4 is 107 Å². The van der Waals surface area contributed by atoms with Gasteiger partial charge in [-0.2, -0.15) is 0 Å². The van der Waals surface area contributed by atoms with Crippen LogP contribution in [-0.4, -0.2) is 247 Å².